The van der Waals surface area contributed by atoms with E-state index in [1.165, 1.54) is 24.3 Å². The maximum absolute atomic E-state index is 10.7. The molecule has 1 rings (SSSR count). The topological polar surface area (TPSA) is 69.1 Å². The fraction of sp³-hybridized carbons (Fsp3) is 0.125. The van der Waals surface area contributed by atoms with Crippen LogP contribution < -0.4 is 11.5 Å². The average molecular weight is 152 g/mol. The van der Waals surface area contributed by atoms with Gasteiger partial charge in [0.1, 0.15) is 0 Å². The molecule has 0 aliphatic rings. The molecule has 4 N–H and O–H groups in total. The van der Waals surface area contributed by atoms with Gasteiger partial charge < -0.3 is 11.5 Å². The normalized spacial score (nSPS) is 13.5. The van der Waals surface area contributed by atoms with Gasteiger partial charge in [-0.05, 0) is 17.7 Å². The molecule has 1 amide bonds. The number of nitrogens with two attached hydrogens (primary N) is 2. The molecule has 0 bridgehead atoms. The number of amides is 1. The second kappa shape index (κ2) is 3.16. The summed E-state index contributed by atoms with van der Waals surface area (Å²) >= 11 is 0. The molecule has 0 unspecified atom stereocenters. The predicted molar refractivity (Wildman–Crippen MR) is 42.9 cm³/mol. The highest BCUT2D eigenvalue weighted by Crippen LogP contribution is 2.01. The van der Waals surface area contributed by atoms with E-state index in [1.54, 1.807) is 0 Å². The van der Waals surface area contributed by atoms with E-state index < -0.39 is 12.4 Å². The van der Waals surface area contributed by atoms with Crippen molar-refractivity contribution < 1.29 is 7.54 Å². The van der Waals surface area contributed by atoms with Gasteiger partial charge in [0.25, 0.3) is 0 Å². The monoisotopic (exact) mass is 152 g/mol. The molecule has 0 spiro atoms. The Bertz CT molecular complexity index is 316. The van der Waals surface area contributed by atoms with Crippen LogP contribution >= 0.6 is 0 Å². The number of carbonyl (C=O) groups is 1. The van der Waals surface area contributed by atoms with E-state index >= 15 is 0 Å². The molecule has 0 saturated heterocycles. The zero-order chi connectivity index (χ0) is 10.1. The van der Waals surface area contributed by atoms with Crippen LogP contribution in [0, 0.1) is 0 Å². The van der Waals surface area contributed by atoms with Crippen LogP contribution in [-0.4, -0.2) is 5.91 Å². The molecule has 0 radical (unpaired) electrons. The summed E-state index contributed by atoms with van der Waals surface area (Å²) in [6.45, 7) is -1.88. The van der Waals surface area contributed by atoms with E-state index in [-0.39, 0.29) is 0 Å². The summed E-state index contributed by atoms with van der Waals surface area (Å²) in [6.07, 6.45) is 0. The molecule has 58 valence electrons. The second-order valence-electron chi connectivity index (χ2n) is 2.09. The highest BCUT2D eigenvalue weighted by Gasteiger charge is 1.97. The van der Waals surface area contributed by atoms with Crippen LogP contribution in [0.5, 0.6) is 0 Å². The largest absolute Gasteiger partial charge is 0.366 e. The van der Waals surface area contributed by atoms with Gasteiger partial charge in [0.2, 0.25) is 5.91 Å². The van der Waals surface area contributed by atoms with Crippen LogP contribution in [0.1, 0.15) is 18.7 Å². The SMILES string of the molecule is [2H]C([2H])(N)c1ccc(C(N)=O)cc1. The number of carbonyl (C=O) groups excluding carboxylic acids is 1. The van der Waals surface area contributed by atoms with E-state index in [0.29, 0.717) is 11.1 Å². The Morgan fingerprint density at radius 1 is 1.45 bits per heavy atom. The lowest BCUT2D eigenvalue weighted by Crippen LogP contribution is -2.10. The van der Waals surface area contributed by atoms with Crippen LogP contribution in [-0.2, 0) is 6.50 Å². The summed E-state index contributed by atoms with van der Waals surface area (Å²) in [5.74, 6) is -0.538. The van der Waals surface area contributed by atoms with Gasteiger partial charge in [-0.15, -0.1) is 0 Å². The lowest BCUT2D eigenvalue weighted by Gasteiger charge is -1.96. The first-order valence-electron chi connectivity index (χ1n) is 4.10. The van der Waals surface area contributed by atoms with E-state index in [9.17, 15) is 4.79 Å². The molecule has 11 heavy (non-hydrogen) atoms. The summed E-state index contributed by atoms with van der Waals surface area (Å²) in [6, 6.07) is 5.78. The quantitative estimate of drug-likeness (QED) is 0.637. The van der Waals surface area contributed by atoms with E-state index in [1.807, 2.05) is 0 Å². The molecule has 0 aromatic heterocycles. The average Bonchev–Trinajstić information content (AvgIpc) is 2.03. The summed E-state index contributed by atoms with van der Waals surface area (Å²) < 4.78 is 14.4. The van der Waals surface area contributed by atoms with Crippen LogP contribution in [0.3, 0.4) is 0 Å². The zero-order valence-corrected chi connectivity index (χ0v) is 5.87. The van der Waals surface area contributed by atoms with Crippen molar-refractivity contribution in [2.45, 2.75) is 6.50 Å². The van der Waals surface area contributed by atoms with Crippen molar-refractivity contribution in [3.8, 4) is 0 Å². The maximum Gasteiger partial charge on any atom is 0.248 e. The summed E-state index contributed by atoms with van der Waals surface area (Å²) in [5, 5.41) is 0. The van der Waals surface area contributed by atoms with Crippen LogP contribution in [0.4, 0.5) is 0 Å². The van der Waals surface area contributed by atoms with Crippen molar-refractivity contribution in [1.82, 2.24) is 0 Å². The van der Waals surface area contributed by atoms with Gasteiger partial charge in [0, 0.05) is 14.8 Å². The summed E-state index contributed by atoms with van der Waals surface area (Å²) in [5.41, 5.74) is 10.9. The Labute approximate surface area is 67.8 Å². The van der Waals surface area contributed by atoms with E-state index in [0.717, 1.165) is 0 Å². The van der Waals surface area contributed by atoms with Crippen molar-refractivity contribution in [3.05, 3.63) is 35.4 Å². The third-order valence-corrected chi connectivity index (χ3v) is 1.34. The smallest absolute Gasteiger partial charge is 0.248 e. The van der Waals surface area contributed by atoms with Gasteiger partial charge in [-0.25, -0.2) is 0 Å². The van der Waals surface area contributed by atoms with Crippen molar-refractivity contribution in [3.63, 3.8) is 0 Å². The van der Waals surface area contributed by atoms with Gasteiger partial charge in [0.05, 0.1) is 0 Å². The first-order chi connectivity index (χ1) is 5.91. The molecule has 0 saturated carbocycles. The van der Waals surface area contributed by atoms with E-state index in [2.05, 4.69) is 0 Å². The maximum atomic E-state index is 10.7. The van der Waals surface area contributed by atoms with Crippen molar-refractivity contribution in [1.29, 1.82) is 0 Å². The van der Waals surface area contributed by atoms with Crippen molar-refractivity contribution in [2.24, 2.45) is 11.5 Å². The van der Waals surface area contributed by atoms with Crippen LogP contribution in [0.15, 0.2) is 24.3 Å². The molecule has 1 aromatic rings. The number of benzene rings is 1. The Balaban J connectivity index is 3.01. The minimum atomic E-state index is -1.88. The van der Waals surface area contributed by atoms with Crippen molar-refractivity contribution in [2.75, 3.05) is 0 Å². The molecular formula is C8H10N2O. The highest BCUT2D eigenvalue weighted by atomic mass is 16.1. The second-order valence-corrected chi connectivity index (χ2v) is 2.09. The fourth-order valence-corrected chi connectivity index (χ4v) is 0.731. The third-order valence-electron chi connectivity index (χ3n) is 1.34. The molecule has 0 atom stereocenters. The molecule has 1 aromatic carbocycles. The molecule has 3 nitrogen and oxygen atoms in total. The third kappa shape index (κ3) is 1.78. The van der Waals surface area contributed by atoms with Gasteiger partial charge in [-0.1, -0.05) is 12.1 Å². The molecular weight excluding hydrogens is 140 g/mol. The highest BCUT2D eigenvalue weighted by molar-refractivity contribution is 5.92. The molecule has 0 heterocycles. The molecule has 0 fully saturated rings. The number of hydrogen-bond donors (Lipinski definition) is 2. The Morgan fingerprint density at radius 2 is 2.00 bits per heavy atom. The number of hydrogen-bond acceptors (Lipinski definition) is 2. The number of primary amides is 1. The minimum Gasteiger partial charge on any atom is -0.366 e. The molecule has 0 aliphatic carbocycles. The summed E-state index contributed by atoms with van der Waals surface area (Å²) in [7, 11) is 0. The van der Waals surface area contributed by atoms with Crippen LogP contribution in [0.25, 0.3) is 0 Å². The Hall–Kier alpha value is -1.35. The van der Waals surface area contributed by atoms with Gasteiger partial charge in [0.15, 0.2) is 0 Å². The Kier molecular flexibility index (Phi) is 1.53. The summed E-state index contributed by atoms with van der Waals surface area (Å²) in [4.78, 5) is 10.7. The standard InChI is InChI=1S/C8H10N2O/c9-5-6-1-3-7(4-2-6)8(10)11/h1-4H,5,9H2,(H2,10,11)/i5D2. The fourth-order valence-electron chi connectivity index (χ4n) is 0.731. The lowest BCUT2D eigenvalue weighted by atomic mass is 10.1. The van der Waals surface area contributed by atoms with Gasteiger partial charge in [-0.2, -0.15) is 0 Å². The first-order valence-corrected chi connectivity index (χ1v) is 3.10. The minimum absolute atomic E-state index is 0.317. The van der Waals surface area contributed by atoms with Crippen LogP contribution in [0.2, 0.25) is 0 Å². The molecule has 3 heteroatoms. The first kappa shape index (κ1) is 5.32. The molecule has 0 aliphatic heterocycles. The number of rotatable bonds is 2. The van der Waals surface area contributed by atoms with E-state index in [4.69, 9.17) is 14.2 Å². The zero-order valence-electron chi connectivity index (χ0n) is 7.87. The van der Waals surface area contributed by atoms with Gasteiger partial charge in [-0.3, -0.25) is 4.79 Å². The lowest BCUT2D eigenvalue weighted by molar-refractivity contribution is 0.100. The van der Waals surface area contributed by atoms with Crippen molar-refractivity contribution >= 4 is 5.91 Å². The Morgan fingerprint density at radius 3 is 2.36 bits per heavy atom. The predicted octanol–water partition coefficient (Wildman–Crippen LogP) is 0.244. The van der Waals surface area contributed by atoms with Gasteiger partial charge >= 0.3 is 0 Å².